The lowest BCUT2D eigenvalue weighted by Gasteiger charge is -2.20. The van der Waals surface area contributed by atoms with Gasteiger partial charge in [0.25, 0.3) is 5.91 Å². The lowest BCUT2D eigenvalue weighted by atomic mass is 9.98. The van der Waals surface area contributed by atoms with Gasteiger partial charge >= 0.3 is 6.03 Å². The molecular weight excluding hydrogens is 148 g/mol. The molecule has 5 heteroatoms. The highest BCUT2D eigenvalue weighted by molar-refractivity contribution is 6.07. The van der Waals surface area contributed by atoms with Crippen LogP contribution < -0.4 is 10.6 Å². The van der Waals surface area contributed by atoms with Crippen molar-refractivity contribution in [3.63, 3.8) is 0 Å². The summed E-state index contributed by atoms with van der Waals surface area (Å²) in [5, 5.41) is 13.3. The van der Waals surface area contributed by atoms with E-state index in [9.17, 15) is 9.59 Å². The van der Waals surface area contributed by atoms with Crippen LogP contribution in [0.1, 0.15) is 13.3 Å². The van der Waals surface area contributed by atoms with Crippen molar-refractivity contribution >= 4 is 11.9 Å². The van der Waals surface area contributed by atoms with Crippen LogP contribution in [0.5, 0.6) is 0 Å². The second-order valence-electron chi connectivity index (χ2n) is 2.50. The lowest BCUT2D eigenvalue weighted by Crippen LogP contribution is -2.49. The molecule has 1 aliphatic rings. The summed E-state index contributed by atoms with van der Waals surface area (Å²) in [7, 11) is 0. The second-order valence-corrected chi connectivity index (χ2v) is 2.50. The van der Waals surface area contributed by atoms with Crippen LogP contribution >= 0.6 is 0 Å². The molecule has 1 unspecified atom stereocenters. The molecule has 1 rings (SSSR count). The standard InChI is InChI=1S/C6H10N2O3/c1-2-6(3-9)4(10)7-5(11)8-6/h9H,2-3H2,1H3,(H2,7,8,10,11). The van der Waals surface area contributed by atoms with E-state index in [2.05, 4.69) is 10.6 Å². The summed E-state index contributed by atoms with van der Waals surface area (Å²) in [5.74, 6) is -0.451. The Morgan fingerprint density at radius 3 is 2.36 bits per heavy atom. The number of imide groups is 1. The number of hydrogen-bond donors (Lipinski definition) is 3. The van der Waals surface area contributed by atoms with Gasteiger partial charge in [0.05, 0.1) is 6.61 Å². The first kappa shape index (κ1) is 8.00. The third kappa shape index (κ3) is 1.07. The summed E-state index contributed by atoms with van der Waals surface area (Å²) < 4.78 is 0. The minimum atomic E-state index is -1.09. The first-order valence-electron chi connectivity index (χ1n) is 3.39. The maximum Gasteiger partial charge on any atom is 0.322 e. The molecule has 62 valence electrons. The number of urea groups is 1. The summed E-state index contributed by atoms with van der Waals surface area (Å²) in [6, 6.07) is -0.536. The second kappa shape index (κ2) is 2.50. The molecule has 0 aromatic carbocycles. The number of carbonyl (C=O) groups is 2. The van der Waals surface area contributed by atoms with Gasteiger partial charge in [-0.2, -0.15) is 0 Å². The van der Waals surface area contributed by atoms with Crippen LogP contribution in [0.2, 0.25) is 0 Å². The molecule has 0 aliphatic carbocycles. The predicted octanol–water partition coefficient (Wildman–Crippen LogP) is -1.03. The first-order chi connectivity index (χ1) is 5.14. The normalized spacial score (nSPS) is 30.0. The number of aliphatic hydroxyl groups is 1. The van der Waals surface area contributed by atoms with Crippen molar-refractivity contribution in [2.75, 3.05) is 6.61 Å². The van der Waals surface area contributed by atoms with E-state index in [1.54, 1.807) is 6.92 Å². The van der Waals surface area contributed by atoms with E-state index in [-0.39, 0.29) is 6.61 Å². The molecule has 1 aliphatic heterocycles. The Morgan fingerprint density at radius 2 is 2.18 bits per heavy atom. The van der Waals surface area contributed by atoms with Crippen molar-refractivity contribution < 1.29 is 14.7 Å². The summed E-state index contributed by atoms with van der Waals surface area (Å²) in [6.45, 7) is 1.36. The van der Waals surface area contributed by atoms with Crippen molar-refractivity contribution in [1.82, 2.24) is 10.6 Å². The topological polar surface area (TPSA) is 78.4 Å². The number of carbonyl (C=O) groups excluding carboxylic acids is 2. The van der Waals surface area contributed by atoms with E-state index in [4.69, 9.17) is 5.11 Å². The summed E-state index contributed by atoms with van der Waals surface area (Å²) in [4.78, 5) is 21.6. The summed E-state index contributed by atoms with van der Waals surface area (Å²) >= 11 is 0. The van der Waals surface area contributed by atoms with Crippen LogP contribution in [-0.4, -0.2) is 29.2 Å². The zero-order valence-electron chi connectivity index (χ0n) is 6.18. The average molecular weight is 158 g/mol. The highest BCUT2D eigenvalue weighted by Crippen LogP contribution is 2.13. The van der Waals surface area contributed by atoms with Gasteiger partial charge in [-0.25, -0.2) is 4.79 Å². The fourth-order valence-electron chi connectivity index (χ4n) is 1.00. The van der Waals surface area contributed by atoms with Gasteiger partial charge in [0.1, 0.15) is 5.54 Å². The molecule has 1 saturated heterocycles. The zero-order valence-corrected chi connectivity index (χ0v) is 6.18. The molecule has 11 heavy (non-hydrogen) atoms. The molecule has 0 aromatic heterocycles. The molecule has 0 bridgehead atoms. The van der Waals surface area contributed by atoms with Crippen molar-refractivity contribution in [1.29, 1.82) is 0 Å². The van der Waals surface area contributed by atoms with E-state index in [1.165, 1.54) is 0 Å². The van der Waals surface area contributed by atoms with Crippen molar-refractivity contribution in [2.24, 2.45) is 0 Å². The van der Waals surface area contributed by atoms with E-state index in [1.807, 2.05) is 0 Å². The fraction of sp³-hybridized carbons (Fsp3) is 0.667. The number of rotatable bonds is 2. The number of amides is 3. The van der Waals surface area contributed by atoms with Gasteiger partial charge in [-0.05, 0) is 6.42 Å². The fourth-order valence-corrected chi connectivity index (χ4v) is 1.00. The first-order valence-corrected chi connectivity index (χ1v) is 3.39. The van der Waals surface area contributed by atoms with Crippen LogP contribution in [0.4, 0.5) is 4.79 Å². The molecule has 1 atom stereocenters. The minimum Gasteiger partial charge on any atom is -0.393 e. The van der Waals surface area contributed by atoms with Gasteiger partial charge < -0.3 is 10.4 Å². The van der Waals surface area contributed by atoms with Gasteiger partial charge in [0.2, 0.25) is 0 Å². The highest BCUT2D eigenvalue weighted by Gasteiger charge is 2.43. The van der Waals surface area contributed by atoms with E-state index in [0.717, 1.165) is 0 Å². The van der Waals surface area contributed by atoms with Crippen molar-refractivity contribution in [3.05, 3.63) is 0 Å². The number of nitrogens with one attached hydrogen (secondary N) is 2. The van der Waals surface area contributed by atoms with Crippen LogP contribution in [0.25, 0.3) is 0 Å². The van der Waals surface area contributed by atoms with Gasteiger partial charge in [-0.15, -0.1) is 0 Å². The molecular formula is C6H10N2O3. The minimum absolute atomic E-state index is 0.360. The Labute approximate surface area is 63.8 Å². The Hall–Kier alpha value is -1.10. The van der Waals surface area contributed by atoms with Gasteiger partial charge in [0.15, 0.2) is 0 Å². The maximum absolute atomic E-state index is 11.0. The number of aliphatic hydroxyl groups excluding tert-OH is 1. The average Bonchev–Trinajstić information content (AvgIpc) is 2.27. The smallest absolute Gasteiger partial charge is 0.322 e. The molecule has 3 amide bonds. The van der Waals surface area contributed by atoms with Gasteiger partial charge in [-0.1, -0.05) is 6.92 Å². The largest absolute Gasteiger partial charge is 0.393 e. The quantitative estimate of drug-likeness (QED) is 0.449. The molecule has 3 N–H and O–H groups in total. The van der Waals surface area contributed by atoms with Gasteiger partial charge in [-0.3, -0.25) is 10.1 Å². The van der Waals surface area contributed by atoms with E-state index >= 15 is 0 Å². The Morgan fingerprint density at radius 1 is 1.55 bits per heavy atom. The predicted molar refractivity (Wildman–Crippen MR) is 36.8 cm³/mol. The Bertz CT molecular complexity index is 198. The van der Waals surface area contributed by atoms with Crippen LogP contribution in [0, 0.1) is 0 Å². The molecule has 1 fully saturated rings. The monoisotopic (exact) mass is 158 g/mol. The lowest BCUT2D eigenvalue weighted by molar-refractivity contribution is -0.125. The van der Waals surface area contributed by atoms with E-state index < -0.39 is 17.5 Å². The molecule has 0 saturated carbocycles. The van der Waals surface area contributed by atoms with Crippen LogP contribution in [-0.2, 0) is 4.79 Å². The van der Waals surface area contributed by atoms with E-state index in [0.29, 0.717) is 6.42 Å². The maximum atomic E-state index is 11.0. The highest BCUT2D eigenvalue weighted by atomic mass is 16.3. The Balaban J connectivity index is 2.84. The number of hydrogen-bond acceptors (Lipinski definition) is 3. The molecule has 5 nitrogen and oxygen atoms in total. The molecule has 0 aromatic rings. The van der Waals surface area contributed by atoms with Gasteiger partial charge in [0, 0.05) is 0 Å². The van der Waals surface area contributed by atoms with Crippen molar-refractivity contribution in [3.8, 4) is 0 Å². The molecule has 0 radical (unpaired) electrons. The Kier molecular flexibility index (Phi) is 1.82. The van der Waals surface area contributed by atoms with Crippen molar-refractivity contribution in [2.45, 2.75) is 18.9 Å². The summed E-state index contributed by atoms with van der Waals surface area (Å²) in [6.07, 6.45) is 0.390. The SMILES string of the molecule is CCC1(CO)NC(=O)NC1=O. The summed E-state index contributed by atoms with van der Waals surface area (Å²) in [5.41, 5.74) is -1.09. The van der Waals surface area contributed by atoms with Crippen LogP contribution in [0.3, 0.4) is 0 Å². The molecule has 1 heterocycles. The third-order valence-corrected chi connectivity index (χ3v) is 1.89. The zero-order chi connectivity index (χ0) is 8.48. The third-order valence-electron chi connectivity index (χ3n) is 1.89. The molecule has 0 spiro atoms. The van der Waals surface area contributed by atoms with Crippen LogP contribution in [0.15, 0.2) is 0 Å².